The number of hydrogen-bond donors (Lipinski definition) is 1. The highest BCUT2D eigenvalue weighted by Gasteiger charge is 2.18. The van der Waals surface area contributed by atoms with E-state index in [1.807, 2.05) is 153 Å². The van der Waals surface area contributed by atoms with Gasteiger partial charge in [0.1, 0.15) is 28.7 Å². The molecule has 132 heavy (non-hydrogen) atoms. The smallest absolute Gasteiger partial charge is 0.119 e. The van der Waals surface area contributed by atoms with Crippen molar-refractivity contribution in [2.24, 2.45) is 0 Å². The van der Waals surface area contributed by atoms with Gasteiger partial charge in [0.25, 0.3) is 0 Å². The van der Waals surface area contributed by atoms with Crippen LogP contribution in [0.5, 0.6) is 28.7 Å². The topological polar surface area (TPSA) is 131 Å². The van der Waals surface area contributed by atoms with Crippen molar-refractivity contribution >= 4 is 21.5 Å². The molecule has 0 aliphatic rings. The first-order valence-corrected chi connectivity index (χ1v) is 44.7. The summed E-state index contributed by atoms with van der Waals surface area (Å²) >= 11 is 0. The van der Waals surface area contributed by atoms with Crippen molar-refractivity contribution in [3.05, 3.63) is 498 Å². The van der Waals surface area contributed by atoms with E-state index in [2.05, 4.69) is 313 Å². The van der Waals surface area contributed by atoms with Gasteiger partial charge in [0.15, 0.2) is 0 Å². The zero-order chi connectivity index (χ0) is 90.7. The fourth-order valence-electron chi connectivity index (χ4n) is 16.4. The number of pyridine rings is 4. The molecule has 0 amide bonds. The fraction of sp³-hybridized carbons (Fsp3) is 0.153. The molecule has 0 aliphatic carbocycles. The highest BCUT2D eigenvalue weighted by atomic mass is 16.5. The lowest BCUT2D eigenvalue weighted by Crippen LogP contribution is -2.22. The molecule has 0 spiro atoms. The maximum Gasteiger partial charge on any atom is 0.119 e. The minimum atomic E-state index is -0.0147. The lowest BCUT2D eigenvalue weighted by molar-refractivity contribution is 0.246. The number of aliphatic hydroxyl groups is 1. The second kappa shape index (κ2) is 47.9. The van der Waals surface area contributed by atoms with Crippen LogP contribution in [0.25, 0.3) is 66.1 Å². The third kappa shape index (κ3) is 27.3. The van der Waals surface area contributed by atoms with Crippen LogP contribution in [0.2, 0.25) is 0 Å². The van der Waals surface area contributed by atoms with E-state index in [0.29, 0.717) is 0 Å². The van der Waals surface area contributed by atoms with E-state index in [9.17, 15) is 5.11 Å². The molecule has 660 valence electrons. The van der Waals surface area contributed by atoms with Gasteiger partial charge in [0.2, 0.25) is 0 Å². The summed E-state index contributed by atoms with van der Waals surface area (Å²) in [6, 6.07) is 132. The molecule has 0 fully saturated rings. The van der Waals surface area contributed by atoms with Crippen LogP contribution < -0.4 is 23.7 Å². The summed E-state index contributed by atoms with van der Waals surface area (Å²) in [5.74, 6) is 4.25. The van der Waals surface area contributed by atoms with E-state index in [1.54, 1.807) is 35.5 Å². The summed E-state index contributed by atoms with van der Waals surface area (Å²) in [4.78, 5) is 26.3. The molecule has 18 aromatic rings. The molecule has 4 heterocycles. The Balaban J connectivity index is 0.000000135. The number of rotatable bonds is 34. The Hall–Kier alpha value is -15.0. The van der Waals surface area contributed by atoms with Crippen molar-refractivity contribution in [1.29, 1.82) is 0 Å². The average molecular weight is 1740 g/mol. The van der Waals surface area contributed by atoms with Crippen LogP contribution in [0.4, 0.5) is 0 Å². The molecule has 14 heteroatoms. The molecule has 0 saturated heterocycles. The van der Waals surface area contributed by atoms with Gasteiger partial charge in [-0.05, 0) is 254 Å². The summed E-state index contributed by atoms with van der Waals surface area (Å²) in [7, 11) is 8.43. The van der Waals surface area contributed by atoms with Crippen LogP contribution in [-0.4, -0.2) is 80.2 Å². The van der Waals surface area contributed by atoms with Crippen molar-refractivity contribution in [2.45, 2.75) is 85.1 Å². The maximum atomic E-state index is 9.67. The number of methoxy groups -OCH3 is 5. The SMILES string of the molecule is COc1ccc(CN(Cc2ccc(-c3ccncc3)cc2)Cc2cc(CO)cc(OC)c2)cc1.COc1ccc(CN(Cc2ccc(-c3ccncc3)cc2)Cc2cccc3ccccc23)cc1.COc1ccc(CN(Cc2ccc(OC)cc2)Cc2ccc(-c3ccncc3)cc2)cc1.c1ccc(CN(Cc2ccc(-c3ccncc3)cc2)Cc2ccc3ccccc3c2)cc1. The molecular weight excluding hydrogens is 1630 g/mol. The van der Waals surface area contributed by atoms with Crippen LogP contribution in [-0.2, 0) is 85.1 Å². The van der Waals surface area contributed by atoms with E-state index in [-0.39, 0.29) is 6.61 Å². The molecule has 0 saturated carbocycles. The number of hydrogen-bond acceptors (Lipinski definition) is 14. The quantitative estimate of drug-likeness (QED) is 0.0410. The molecule has 14 aromatic carbocycles. The van der Waals surface area contributed by atoms with E-state index in [1.165, 1.54) is 122 Å². The molecule has 4 aromatic heterocycles. The zero-order valence-corrected chi connectivity index (χ0v) is 75.7. The van der Waals surface area contributed by atoms with Gasteiger partial charge in [0, 0.05) is 128 Å². The second-order valence-electron chi connectivity index (χ2n) is 32.9. The Bertz CT molecular complexity index is 6420. The van der Waals surface area contributed by atoms with Crippen LogP contribution in [0.1, 0.15) is 72.3 Å². The minimum Gasteiger partial charge on any atom is -0.497 e. The van der Waals surface area contributed by atoms with Crippen molar-refractivity contribution in [2.75, 3.05) is 35.5 Å². The van der Waals surface area contributed by atoms with Gasteiger partial charge in [-0.3, -0.25) is 39.5 Å². The average Bonchev–Trinajstić information content (AvgIpc) is 0.813. The molecule has 0 atom stereocenters. The lowest BCUT2D eigenvalue weighted by atomic mass is 10.0. The van der Waals surface area contributed by atoms with Gasteiger partial charge >= 0.3 is 0 Å². The molecule has 0 bridgehead atoms. The Morgan fingerprint density at radius 2 is 0.447 bits per heavy atom. The highest BCUT2D eigenvalue weighted by Crippen LogP contribution is 2.31. The second-order valence-corrected chi connectivity index (χ2v) is 32.9. The van der Waals surface area contributed by atoms with Gasteiger partial charge in [-0.2, -0.15) is 0 Å². The summed E-state index contributed by atoms with van der Waals surface area (Å²) in [5.41, 5.74) is 25.6. The van der Waals surface area contributed by atoms with Gasteiger partial charge in [0.05, 0.1) is 42.2 Å². The molecule has 18 rings (SSSR count). The Labute approximate surface area is 777 Å². The molecule has 1 N–H and O–H groups in total. The Kier molecular flexibility index (Phi) is 33.3. The number of aromatic nitrogens is 4. The van der Waals surface area contributed by atoms with Gasteiger partial charge in [-0.1, -0.05) is 261 Å². The van der Waals surface area contributed by atoms with E-state index >= 15 is 0 Å². The van der Waals surface area contributed by atoms with Crippen LogP contribution in [0.15, 0.2) is 426 Å². The van der Waals surface area contributed by atoms with Crippen LogP contribution in [0.3, 0.4) is 0 Å². The molecule has 14 nitrogen and oxygen atoms in total. The van der Waals surface area contributed by atoms with E-state index in [0.717, 1.165) is 124 Å². The predicted molar refractivity (Wildman–Crippen MR) is 536 cm³/mol. The number of fused-ring (bicyclic) bond motifs is 2. The fourth-order valence-corrected chi connectivity index (χ4v) is 16.4. The molecule has 0 aliphatic heterocycles. The van der Waals surface area contributed by atoms with Crippen LogP contribution >= 0.6 is 0 Å². The Morgan fingerprint density at radius 3 is 0.788 bits per heavy atom. The monoisotopic (exact) mass is 1740 g/mol. The van der Waals surface area contributed by atoms with Gasteiger partial charge in [-0.15, -0.1) is 0 Å². The number of nitrogens with zero attached hydrogens (tertiary/aromatic N) is 8. The van der Waals surface area contributed by atoms with Crippen LogP contribution in [0, 0.1) is 0 Å². The third-order valence-electron chi connectivity index (χ3n) is 23.3. The summed E-state index contributed by atoms with van der Waals surface area (Å²) in [6.07, 6.45) is 14.6. The lowest BCUT2D eigenvalue weighted by Gasteiger charge is -2.24. The van der Waals surface area contributed by atoms with Crippen molar-refractivity contribution < 1.29 is 28.8 Å². The first kappa shape index (κ1) is 91.7. The normalized spacial score (nSPS) is 11.0. The first-order chi connectivity index (χ1) is 65.0. The summed E-state index contributed by atoms with van der Waals surface area (Å²) in [6.45, 7) is 10.2. The van der Waals surface area contributed by atoms with Gasteiger partial charge in [-0.25, -0.2) is 0 Å². The first-order valence-electron chi connectivity index (χ1n) is 44.7. The van der Waals surface area contributed by atoms with Crippen molar-refractivity contribution in [3.63, 3.8) is 0 Å². The standard InChI is InChI=1S/C31H28N2O.C30H26N2.C29H30N2O3.C28H28N2O2/c1-34-30-15-11-25(12-16-30)22-33(23-29-7-4-6-28-5-2-3-8-31(28)29)21-24-9-13-26(14-10-24)27-17-19-32-20-18-27;1-2-6-24(7-3-1)21-32(23-26-12-15-27-8-4-5-9-30(27)20-26)22-25-10-13-28(14-11-25)29-16-18-31-19-17-29;1-33-28-9-5-23(6-10-28)19-31(20-24-15-25(21-32)17-29(16-24)34-2)18-22-3-7-26(8-4-22)27-11-13-30-14-12-27;1-31-27-11-5-23(6-12-27)20-30(21-24-7-13-28(32-2)14-8-24)19-22-3-9-25(10-4-22)26-15-17-29-18-16-26/h2-20H,21-23H2,1H3;1-20H,21-23H2;3-17,32H,18-21H2,1-2H3;3-18H,19-21H2,1-2H3. The summed E-state index contributed by atoms with van der Waals surface area (Å²) in [5, 5.41) is 14.9. The summed E-state index contributed by atoms with van der Waals surface area (Å²) < 4.78 is 26.7. The largest absolute Gasteiger partial charge is 0.497 e. The van der Waals surface area contributed by atoms with E-state index < -0.39 is 0 Å². The molecule has 0 unspecified atom stereocenters. The third-order valence-corrected chi connectivity index (χ3v) is 23.3. The Morgan fingerprint density at radius 1 is 0.189 bits per heavy atom. The van der Waals surface area contributed by atoms with Crippen molar-refractivity contribution in [3.8, 4) is 73.3 Å². The number of ether oxygens (including phenoxy) is 5. The predicted octanol–water partition coefficient (Wildman–Crippen LogP) is 25.6. The minimum absolute atomic E-state index is 0.0147. The van der Waals surface area contributed by atoms with Gasteiger partial charge < -0.3 is 28.8 Å². The maximum absolute atomic E-state index is 9.67. The molecular formula is C118H112N8O6. The highest BCUT2D eigenvalue weighted by molar-refractivity contribution is 5.86. The number of benzene rings is 14. The van der Waals surface area contributed by atoms with Crippen molar-refractivity contribution in [1.82, 2.24) is 39.5 Å². The zero-order valence-electron chi connectivity index (χ0n) is 75.7. The number of aliphatic hydroxyl groups excluding tert-OH is 1. The molecule has 0 radical (unpaired) electrons. The van der Waals surface area contributed by atoms with E-state index in [4.69, 9.17) is 23.7 Å².